The highest BCUT2D eigenvalue weighted by molar-refractivity contribution is 7.11. The summed E-state index contributed by atoms with van der Waals surface area (Å²) in [5.41, 5.74) is 3.04. The lowest BCUT2D eigenvalue weighted by atomic mass is 9.98. The number of aromatic amines is 1. The molecule has 1 aliphatic rings. The van der Waals surface area contributed by atoms with E-state index in [0.717, 1.165) is 37.3 Å². The first-order chi connectivity index (χ1) is 14.9. The van der Waals surface area contributed by atoms with Crippen LogP contribution in [-0.4, -0.2) is 66.6 Å². The number of thiazole rings is 1. The van der Waals surface area contributed by atoms with Crippen LogP contribution < -0.4 is 10.9 Å². The summed E-state index contributed by atoms with van der Waals surface area (Å²) in [4.78, 5) is 48.7. The Labute approximate surface area is 182 Å². The van der Waals surface area contributed by atoms with Crippen LogP contribution in [0.3, 0.4) is 0 Å². The summed E-state index contributed by atoms with van der Waals surface area (Å²) in [7, 11) is 0. The van der Waals surface area contributed by atoms with E-state index in [4.69, 9.17) is 9.90 Å². The summed E-state index contributed by atoms with van der Waals surface area (Å²) >= 11 is 1.37. The lowest BCUT2D eigenvalue weighted by Gasteiger charge is -2.32. The highest BCUT2D eigenvalue weighted by Gasteiger charge is 2.22. The summed E-state index contributed by atoms with van der Waals surface area (Å²) in [6, 6.07) is 1.56. The first-order valence-corrected chi connectivity index (χ1v) is 10.7. The molecule has 3 aromatic heterocycles. The number of piperidine rings is 1. The number of carboxylic acid groups (broad SMARTS) is 1. The van der Waals surface area contributed by atoms with Crippen LogP contribution in [0.5, 0.6) is 0 Å². The monoisotopic (exact) mass is 447 g/mol. The van der Waals surface area contributed by atoms with Crippen LogP contribution in [0.15, 0.2) is 16.4 Å². The fourth-order valence-electron chi connectivity index (χ4n) is 3.64. The molecule has 166 valence electrons. The topological polar surface area (TPSA) is 146 Å². The molecule has 0 bridgehead atoms. The van der Waals surface area contributed by atoms with E-state index in [-0.39, 0.29) is 17.9 Å². The van der Waals surface area contributed by atoms with Gasteiger partial charge >= 0.3 is 0 Å². The van der Waals surface area contributed by atoms with Crippen molar-refractivity contribution in [1.82, 2.24) is 34.8 Å². The van der Waals surface area contributed by atoms with E-state index in [0.29, 0.717) is 35.5 Å². The molecule has 4 rings (SSSR count). The number of nitrogens with one attached hydrogen (secondary N) is 2. The molecule has 1 amide bonds. The molecule has 12 heteroatoms. The van der Waals surface area contributed by atoms with Gasteiger partial charge in [0.05, 0.1) is 16.9 Å². The third-order valence-electron chi connectivity index (χ3n) is 4.99. The van der Waals surface area contributed by atoms with Crippen LogP contribution >= 0.6 is 11.3 Å². The van der Waals surface area contributed by atoms with Gasteiger partial charge in [-0.1, -0.05) is 0 Å². The van der Waals surface area contributed by atoms with Crippen molar-refractivity contribution in [3.63, 3.8) is 0 Å². The number of hydrogen-bond acceptors (Lipinski definition) is 8. The molecule has 3 aromatic rings. The van der Waals surface area contributed by atoms with Gasteiger partial charge in [0.15, 0.2) is 0 Å². The van der Waals surface area contributed by atoms with Gasteiger partial charge in [0.25, 0.3) is 23.7 Å². The Morgan fingerprint density at radius 1 is 1.42 bits per heavy atom. The number of likely N-dealkylation sites (tertiary alicyclic amines) is 1. The van der Waals surface area contributed by atoms with Gasteiger partial charge in [-0.05, 0) is 39.2 Å². The van der Waals surface area contributed by atoms with E-state index in [1.807, 2.05) is 6.92 Å². The minimum Gasteiger partial charge on any atom is -0.483 e. The Kier molecular flexibility index (Phi) is 7.47. The number of nitrogens with zero attached hydrogens (tertiary/aromatic N) is 5. The normalized spacial score (nSPS) is 16.5. The zero-order valence-corrected chi connectivity index (χ0v) is 18.2. The molecule has 1 atom stereocenters. The quantitative estimate of drug-likeness (QED) is 0.488. The largest absolute Gasteiger partial charge is 0.483 e. The molecule has 11 nitrogen and oxygen atoms in total. The van der Waals surface area contributed by atoms with Crippen LogP contribution in [-0.2, 0) is 11.3 Å². The molecule has 0 aromatic carbocycles. The molecule has 1 fully saturated rings. The second-order valence-electron chi connectivity index (χ2n) is 7.36. The predicted octanol–water partition coefficient (Wildman–Crippen LogP) is 0.834. The Bertz CT molecular complexity index is 1110. The molecular weight excluding hydrogens is 422 g/mol. The van der Waals surface area contributed by atoms with E-state index in [1.165, 1.54) is 15.9 Å². The van der Waals surface area contributed by atoms with Crippen molar-refractivity contribution >= 4 is 29.5 Å². The third-order valence-corrected chi connectivity index (χ3v) is 5.91. The minimum absolute atomic E-state index is 0.0498. The zero-order valence-electron chi connectivity index (χ0n) is 17.4. The van der Waals surface area contributed by atoms with Crippen LogP contribution in [0.1, 0.15) is 39.7 Å². The van der Waals surface area contributed by atoms with Crippen molar-refractivity contribution in [3.8, 4) is 0 Å². The molecule has 1 saturated heterocycles. The van der Waals surface area contributed by atoms with Gasteiger partial charge in [-0.3, -0.25) is 24.4 Å². The molecule has 1 unspecified atom stereocenters. The van der Waals surface area contributed by atoms with Crippen LogP contribution in [0.2, 0.25) is 0 Å². The van der Waals surface area contributed by atoms with Crippen molar-refractivity contribution < 1.29 is 14.7 Å². The number of aromatic nitrogens is 5. The molecule has 4 heterocycles. The maximum absolute atomic E-state index is 12.3. The molecule has 3 N–H and O–H groups in total. The number of amides is 1. The second-order valence-corrected chi connectivity index (χ2v) is 8.21. The van der Waals surface area contributed by atoms with Crippen molar-refractivity contribution in [2.45, 2.75) is 33.2 Å². The predicted molar refractivity (Wildman–Crippen MR) is 114 cm³/mol. The number of fused-ring (bicyclic) bond motifs is 1. The number of carbonyl (C=O) groups excluding carboxylic acids is 1. The SMILES string of the molecule is Cc1nc2nc(CN3CCCC(CNC(=O)c4scnc4C)C3)cc(=O)n2[nH]1.O=CO. The fraction of sp³-hybridized carbons (Fsp3) is 0.474. The summed E-state index contributed by atoms with van der Waals surface area (Å²) in [6.07, 6.45) is 2.13. The Balaban J connectivity index is 0.000000858. The summed E-state index contributed by atoms with van der Waals surface area (Å²) in [5, 5.41) is 12.8. The first kappa shape index (κ1) is 22.6. The van der Waals surface area contributed by atoms with Gasteiger partial charge in [0.1, 0.15) is 10.7 Å². The Hall–Kier alpha value is -3.12. The highest BCUT2D eigenvalue weighted by Crippen LogP contribution is 2.18. The van der Waals surface area contributed by atoms with E-state index in [1.54, 1.807) is 18.5 Å². The average Bonchev–Trinajstić information content (AvgIpc) is 3.32. The van der Waals surface area contributed by atoms with E-state index in [2.05, 4.69) is 30.3 Å². The molecule has 0 aliphatic carbocycles. The maximum Gasteiger partial charge on any atom is 0.290 e. The molecule has 0 radical (unpaired) electrons. The second kappa shape index (κ2) is 10.3. The molecular formula is C19H25N7O4S. The summed E-state index contributed by atoms with van der Waals surface area (Å²) in [6.45, 7) is 6.46. The zero-order chi connectivity index (χ0) is 22.4. The van der Waals surface area contributed by atoms with E-state index < -0.39 is 0 Å². The van der Waals surface area contributed by atoms with Crippen molar-refractivity contribution in [1.29, 1.82) is 0 Å². The number of carbonyl (C=O) groups is 2. The van der Waals surface area contributed by atoms with Crippen molar-refractivity contribution in [2.75, 3.05) is 19.6 Å². The Morgan fingerprint density at radius 3 is 2.90 bits per heavy atom. The van der Waals surface area contributed by atoms with Gasteiger partial charge in [-0.2, -0.15) is 9.50 Å². The van der Waals surface area contributed by atoms with E-state index in [9.17, 15) is 9.59 Å². The average molecular weight is 448 g/mol. The van der Waals surface area contributed by atoms with Gasteiger partial charge in [-0.15, -0.1) is 11.3 Å². The van der Waals surface area contributed by atoms with Crippen molar-refractivity contribution in [3.05, 3.63) is 44.0 Å². The highest BCUT2D eigenvalue weighted by atomic mass is 32.1. The Morgan fingerprint density at radius 2 is 2.19 bits per heavy atom. The maximum atomic E-state index is 12.3. The fourth-order valence-corrected chi connectivity index (χ4v) is 4.36. The number of aryl methyl sites for hydroxylation is 2. The number of H-pyrrole nitrogens is 1. The van der Waals surface area contributed by atoms with Gasteiger partial charge in [0.2, 0.25) is 0 Å². The first-order valence-electron chi connectivity index (χ1n) is 9.85. The van der Waals surface area contributed by atoms with Gasteiger partial charge < -0.3 is 10.4 Å². The van der Waals surface area contributed by atoms with Gasteiger partial charge in [0, 0.05) is 25.7 Å². The lowest BCUT2D eigenvalue weighted by Crippen LogP contribution is -2.40. The van der Waals surface area contributed by atoms with Crippen LogP contribution in [0.25, 0.3) is 5.78 Å². The van der Waals surface area contributed by atoms with E-state index >= 15 is 0 Å². The van der Waals surface area contributed by atoms with Crippen LogP contribution in [0.4, 0.5) is 0 Å². The lowest BCUT2D eigenvalue weighted by molar-refractivity contribution is -0.122. The molecule has 31 heavy (non-hydrogen) atoms. The number of hydrogen-bond donors (Lipinski definition) is 3. The molecule has 0 spiro atoms. The summed E-state index contributed by atoms with van der Waals surface area (Å²) < 4.78 is 1.36. The molecule has 0 saturated carbocycles. The number of rotatable bonds is 5. The smallest absolute Gasteiger partial charge is 0.290 e. The molecule has 1 aliphatic heterocycles. The third kappa shape index (κ3) is 5.73. The van der Waals surface area contributed by atoms with Crippen molar-refractivity contribution in [2.24, 2.45) is 5.92 Å². The summed E-state index contributed by atoms with van der Waals surface area (Å²) in [5.74, 6) is 1.39. The minimum atomic E-state index is -0.250. The van der Waals surface area contributed by atoms with Gasteiger partial charge in [-0.25, -0.2) is 9.97 Å². The standard InChI is InChI=1S/C18H23N7O2S.CH2O2/c1-11-16(28-10-20-11)17(27)19-7-13-4-3-5-24(8-13)9-14-6-15(26)25-18(22-14)21-12(2)23-25;2-1-3/h6,10,13H,3-5,7-9H2,1-2H3,(H,19,27)(H,21,22,23);1H,(H,2,3). The van der Waals surface area contributed by atoms with Crippen LogP contribution in [0, 0.1) is 19.8 Å².